The molecule has 19 heavy (non-hydrogen) atoms. The quantitative estimate of drug-likeness (QED) is 0.635. The van der Waals surface area contributed by atoms with Gasteiger partial charge in [-0.2, -0.15) is 0 Å². The van der Waals surface area contributed by atoms with Crippen LogP contribution in [0.5, 0.6) is 0 Å². The van der Waals surface area contributed by atoms with Crippen molar-refractivity contribution in [2.24, 2.45) is 0 Å². The zero-order valence-electron chi connectivity index (χ0n) is 9.94. The maximum Gasteiger partial charge on any atom is 0.187 e. The van der Waals surface area contributed by atoms with Crippen LogP contribution in [0.4, 0.5) is 5.69 Å². The molecule has 1 N–H and O–H groups in total. The molecule has 0 spiro atoms. The predicted octanol–water partition coefficient (Wildman–Crippen LogP) is 4.91. The topological polar surface area (TPSA) is 29.1 Å². The van der Waals surface area contributed by atoms with Crippen LogP contribution >= 0.6 is 27.5 Å². The monoisotopic (exact) mass is 335 g/mol. The molecule has 0 aliphatic heterocycles. The lowest BCUT2D eigenvalue weighted by Gasteiger charge is -2.00. The number of hydrogen-bond acceptors (Lipinski definition) is 2. The highest BCUT2D eigenvalue weighted by molar-refractivity contribution is 9.10. The van der Waals surface area contributed by atoms with Crippen molar-refractivity contribution >= 4 is 39.0 Å². The van der Waals surface area contributed by atoms with Gasteiger partial charge in [0.05, 0.1) is 0 Å². The van der Waals surface area contributed by atoms with E-state index in [2.05, 4.69) is 21.2 Å². The molecule has 0 aliphatic rings. The standard InChI is InChI=1S/C15H11BrClNO/c16-12-6-4-11(5-7-12)15(19)8-9-18-14-3-1-2-13(17)10-14/h1-10,18H. The zero-order chi connectivity index (χ0) is 13.7. The maximum absolute atomic E-state index is 11.8. The Morgan fingerprint density at radius 1 is 1.16 bits per heavy atom. The van der Waals surface area contributed by atoms with Crippen molar-refractivity contribution in [2.45, 2.75) is 0 Å². The first-order chi connectivity index (χ1) is 9.15. The number of allylic oxidation sites excluding steroid dienone is 1. The Labute approximate surface area is 125 Å². The van der Waals surface area contributed by atoms with Gasteiger partial charge in [0.25, 0.3) is 0 Å². The molecular weight excluding hydrogens is 326 g/mol. The Kier molecular flexibility index (Phi) is 4.77. The lowest BCUT2D eigenvalue weighted by Crippen LogP contribution is -1.95. The Morgan fingerprint density at radius 2 is 1.89 bits per heavy atom. The van der Waals surface area contributed by atoms with Crippen LogP contribution in [0.2, 0.25) is 5.02 Å². The van der Waals surface area contributed by atoms with E-state index in [1.165, 1.54) is 6.08 Å². The SMILES string of the molecule is O=C(C=CNc1cccc(Cl)c1)c1ccc(Br)cc1. The molecule has 0 saturated heterocycles. The van der Waals surface area contributed by atoms with E-state index >= 15 is 0 Å². The third-order valence-corrected chi connectivity index (χ3v) is 3.20. The van der Waals surface area contributed by atoms with E-state index in [0.29, 0.717) is 10.6 Å². The predicted molar refractivity (Wildman–Crippen MR) is 82.7 cm³/mol. The lowest BCUT2D eigenvalue weighted by atomic mass is 10.1. The fourth-order valence-electron chi connectivity index (χ4n) is 1.50. The Morgan fingerprint density at radius 3 is 2.58 bits per heavy atom. The van der Waals surface area contributed by atoms with E-state index in [4.69, 9.17) is 11.6 Å². The molecule has 2 aromatic rings. The molecule has 0 atom stereocenters. The molecular formula is C15H11BrClNO. The zero-order valence-corrected chi connectivity index (χ0v) is 12.3. The van der Waals surface area contributed by atoms with E-state index < -0.39 is 0 Å². The number of nitrogens with one attached hydrogen (secondary N) is 1. The van der Waals surface area contributed by atoms with Gasteiger partial charge in [0.1, 0.15) is 0 Å². The number of hydrogen-bond donors (Lipinski definition) is 1. The van der Waals surface area contributed by atoms with Crippen molar-refractivity contribution in [1.82, 2.24) is 0 Å². The second-order valence-corrected chi connectivity index (χ2v) is 5.21. The molecule has 0 fully saturated rings. The summed E-state index contributed by atoms with van der Waals surface area (Å²) < 4.78 is 0.949. The van der Waals surface area contributed by atoms with Gasteiger partial charge < -0.3 is 5.32 Å². The van der Waals surface area contributed by atoms with Crippen LogP contribution in [0.15, 0.2) is 65.3 Å². The minimum absolute atomic E-state index is 0.0537. The van der Waals surface area contributed by atoms with Crippen molar-refractivity contribution in [1.29, 1.82) is 0 Å². The average molecular weight is 337 g/mol. The van der Waals surface area contributed by atoms with Crippen molar-refractivity contribution in [3.8, 4) is 0 Å². The van der Waals surface area contributed by atoms with Crippen molar-refractivity contribution < 1.29 is 4.79 Å². The van der Waals surface area contributed by atoms with E-state index in [-0.39, 0.29) is 5.78 Å². The second kappa shape index (κ2) is 6.55. The molecule has 96 valence electrons. The summed E-state index contributed by atoms with van der Waals surface area (Å²) in [6, 6.07) is 14.5. The number of anilines is 1. The normalized spacial score (nSPS) is 10.6. The Bertz CT molecular complexity index is 608. The summed E-state index contributed by atoms with van der Waals surface area (Å²) in [5.41, 5.74) is 1.49. The van der Waals surface area contributed by atoms with Crippen molar-refractivity contribution in [3.05, 3.63) is 75.9 Å². The first-order valence-electron chi connectivity index (χ1n) is 5.64. The maximum atomic E-state index is 11.8. The van der Waals surface area contributed by atoms with Crippen molar-refractivity contribution in [3.63, 3.8) is 0 Å². The van der Waals surface area contributed by atoms with Crippen LogP contribution in [-0.2, 0) is 0 Å². The molecule has 4 heteroatoms. The third-order valence-electron chi connectivity index (χ3n) is 2.44. The fourth-order valence-corrected chi connectivity index (χ4v) is 1.96. The number of carbonyl (C=O) groups excluding carboxylic acids is 1. The van der Waals surface area contributed by atoms with Crippen LogP contribution in [0, 0.1) is 0 Å². The number of halogens is 2. The molecule has 2 aromatic carbocycles. The number of carbonyl (C=O) groups is 1. The smallest absolute Gasteiger partial charge is 0.187 e. The van der Waals surface area contributed by atoms with Crippen LogP contribution in [0.3, 0.4) is 0 Å². The number of rotatable bonds is 4. The van der Waals surface area contributed by atoms with Gasteiger partial charge >= 0.3 is 0 Å². The summed E-state index contributed by atoms with van der Waals surface area (Å²) in [4.78, 5) is 11.8. The van der Waals surface area contributed by atoms with E-state index in [9.17, 15) is 4.79 Å². The molecule has 0 amide bonds. The van der Waals surface area contributed by atoms with Gasteiger partial charge in [-0.1, -0.05) is 33.6 Å². The van der Waals surface area contributed by atoms with Gasteiger partial charge in [-0.15, -0.1) is 0 Å². The van der Waals surface area contributed by atoms with Gasteiger partial charge in [0, 0.05) is 33.0 Å². The Balaban J connectivity index is 1.99. The molecule has 0 unspecified atom stereocenters. The van der Waals surface area contributed by atoms with Crippen LogP contribution in [-0.4, -0.2) is 5.78 Å². The minimum Gasteiger partial charge on any atom is -0.362 e. The molecule has 0 bridgehead atoms. The summed E-state index contributed by atoms with van der Waals surface area (Å²) >= 11 is 9.19. The highest BCUT2D eigenvalue weighted by atomic mass is 79.9. The van der Waals surface area contributed by atoms with Crippen molar-refractivity contribution in [2.75, 3.05) is 5.32 Å². The van der Waals surface area contributed by atoms with E-state index in [1.54, 1.807) is 30.5 Å². The molecule has 0 heterocycles. The highest BCUT2D eigenvalue weighted by Crippen LogP contribution is 2.15. The van der Waals surface area contributed by atoms with Crippen LogP contribution < -0.4 is 5.32 Å². The first kappa shape index (κ1) is 13.8. The Hall–Kier alpha value is -1.58. The second-order valence-electron chi connectivity index (χ2n) is 3.86. The van der Waals surface area contributed by atoms with Gasteiger partial charge in [-0.3, -0.25) is 4.79 Å². The van der Waals surface area contributed by atoms with Gasteiger partial charge in [-0.25, -0.2) is 0 Å². The first-order valence-corrected chi connectivity index (χ1v) is 6.81. The fraction of sp³-hybridized carbons (Fsp3) is 0. The van der Waals surface area contributed by atoms with Crippen LogP contribution in [0.25, 0.3) is 0 Å². The van der Waals surface area contributed by atoms with Gasteiger partial charge in [-0.05, 0) is 42.5 Å². The lowest BCUT2D eigenvalue weighted by molar-refractivity contribution is 0.104. The molecule has 0 aromatic heterocycles. The number of benzene rings is 2. The van der Waals surface area contributed by atoms with Gasteiger partial charge in [0.2, 0.25) is 0 Å². The largest absolute Gasteiger partial charge is 0.362 e. The summed E-state index contributed by atoms with van der Waals surface area (Å²) in [5, 5.41) is 3.65. The van der Waals surface area contributed by atoms with Crippen LogP contribution in [0.1, 0.15) is 10.4 Å². The van der Waals surface area contributed by atoms with E-state index in [0.717, 1.165) is 10.2 Å². The third kappa shape index (κ3) is 4.23. The minimum atomic E-state index is -0.0537. The summed E-state index contributed by atoms with van der Waals surface area (Å²) in [7, 11) is 0. The van der Waals surface area contributed by atoms with Gasteiger partial charge in [0.15, 0.2) is 5.78 Å². The summed E-state index contributed by atoms with van der Waals surface area (Å²) in [6.45, 7) is 0. The molecule has 2 rings (SSSR count). The highest BCUT2D eigenvalue weighted by Gasteiger charge is 2.00. The van der Waals surface area contributed by atoms with E-state index in [1.807, 2.05) is 24.3 Å². The summed E-state index contributed by atoms with van der Waals surface area (Å²) in [6.07, 6.45) is 3.10. The molecule has 0 radical (unpaired) electrons. The molecule has 2 nitrogen and oxygen atoms in total. The molecule has 0 aliphatic carbocycles. The number of ketones is 1. The average Bonchev–Trinajstić information content (AvgIpc) is 2.39. The summed E-state index contributed by atoms with van der Waals surface area (Å²) in [5.74, 6) is -0.0537. The molecule has 0 saturated carbocycles.